The summed E-state index contributed by atoms with van der Waals surface area (Å²) in [6.07, 6.45) is 57.6. The zero-order valence-corrected chi connectivity index (χ0v) is 33.6. The molecule has 0 aromatic carbocycles. The Hall–Kier alpha value is -1.16. The third-order valence-electron chi connectivity index (χ3n) is 9.40. The van der Waals surface area contributed by atoms with Crippen LogP contribution in [0.2, 0.25) is 0 Å². The molecule has 0 rings (SSSR count). The summed E-state index contributed by atoms with van der Waals surface area (Å²) in [7, 11) is 0. The van der Waals surface area contributed by atoms with Gasteiger partial charge < -0.3 is 14.2 Å². The van der Waals surface area contributed by atoms with Crippen LogP contribution in [0.5, 0.6) is 0 Å². The largest absolute Gasteiger partial charge is 0.352 e. The zero-order chi connectivity index (χ0) is 35.6. The van der Waals surface area contributed by atoms with Crippen molar-refractivity contribution in [1.29, 1.82) is 0 Å². The molecule has 0 heterocycles. The highest BCUT2D eigenvalue weighted by atomic mass is 16.7. The lowest BCUT2D eigenvalue weighted by Crippen LogP contribution is -2.18. The average molecular weight is 687 g/mol. The molecule has 0 saturated carbocycles. The summed E-state index contributed by atoms with van der Waals surface area (Å²) in [6.45, 7) is 9.66. The Morgan fingerprint density at radius 2 is 0.592 bits per heavy atom. The molecule has 0 aromatic heterocycles. The van der Waals surface area contributed by atoms with Crippen molar-refractivity contribution in [2.24, 2.45) is 0 Å². The van der Waals surface area contributed by atoms with Crippen LogP contribution in [0.15, 0.2) is 48.6 Å². The quantitative estimate of drug-likeness (QED) is 0.0365. The molecule has 288 valence electrons. The highest BCUT2D eigenvalue weighted by molar-refractivity contribution is 4.84. The molecule has 3 nitrogen and oxygen atoms in total. The van der Waals surface area contributed by atoms with Gasteiger partial charge in [-0.15, -0.1) is 0 Å². The fourth-order valence-corrected chi connectivity index (χ4v) is 6.20. The van der Waals surface area contributed by atoms with E-state index >= 15 is 0 Å². The number of ether oxygens (including phenoxy) is 3. The minimum Gasteiger partial charge on any atom is -0.352 e. The lowest BCUT2D eigenvalue weighted by atomic mass is 10.1. The number of rotatable bonds is 40. The van der Waals surface area contributed by atoms with Crippen molar-refractivity contribution in [1.82, 2.24) is 0 Å². The Morgan fingerprint density at radius 3 is 0.898 bits per heavy atom. The third-order valence-corrected chi connectivity index (χ3v) is 9.40. The maximum atomic E-state index is 6.09. The molecule has 0 aliphatic carbocycles. The van der Waals surface area contributed by atoms with Gasteiger partial charge in [-0.05, 0) is 103 Å². The van der Waals surface area contributed by atoms with Crippen molar-refractivity contribution in [3.63, 3.8) is 0 Å². The third kappa shape index (κ3) is 39.5. The van der Waals surface area contributed by atoms with Gasteiger partial charge in [-0.1, -0.05) is 166 Å². The predicted octanol–water partition coefficient (Wildman–Crippen LogP) is 15.7. The van der Waals surface area contributed by atoms with E-state index in [2.05, 4.69) is 76.3 Å². The average Bonchev–Trinajstić information content (AvgIpc) is 3.10. The first-order chi connectivity index (χ1) is 24.3. The monoisotopic (exact) mass is 687 g/mol. The van der Waals surface area contributed by atoms with Gasteiger partial charge >= 0.3 is 0 Å². The van der Waals surface area contributed by atoms with Crippen molar-refractivity contribution >= 4 is 0 Å². The summed E-state index contributed by atoms with van der Waals surface area (Å²) in [6, 6.07) is 0. The molecule has 2 unspecified atom stereocenters. The molecule has 0 aliphatic rings. The SMILES string of the molecule is CCCCC=CCCCCCCCCC=CCCC(CCC)OCOCOC(CCC)CCC=CCCCCCCCCC=CCCCC. The second kappa shape index (κ2) is 43.0. The van der Waals surface area contributed by atoms with Crippen LogP contribution in [0.3, 0.4) is 0 Å². The molecule has 3 heteroatoms. The summed E-state index contributed by atoms with van der Waals surface area (Å²) in [4.78, 5) is 0. The Labute approximate surface area is 308 Å². The van der Waals surface area contributed by atoms with Crippen LogP contribution in [0.25, 0.3) is 0 Å². The first-order valence-corrected chi connectivity index (χ1v) is 21.7. The van der Waals surface area contributed by atoms with E-state index in [9.17, 15) is 0 Å². The Bertz CT molecular complexity index is 664. The molecule has 2 atom stereocenters. The molecule has 0 radical (unpaired) electrons. The molecule has 0 aliphatic heterocycles. The molecule has 0 amide bonds. The predicted molar refractivity (Wildman–Crippen MR) is 218 cm³/mol. The minimum absolute atomic E-state index is 0.273. The van der Waals surface area contributed by atoms with Crippen LogP contribution in [0.1, 0.15) is 220 Å². The van der Waals surface area contributed by atoms with Crippen LogP contribution in [0.4, 0.5) is 0 Å². The van der Waals surface area contributed by atoms with E-state index in [1.165, 1.54) is 141 Å². The smallest absolute Gasteiger partial charge is 0.149 e. The topological polar surface area (TPSA) is 27.7 Å². The molecule has 0 spiro atoms. The van der Waals surface area contributed by atoms with E-state index in [1.807, 2.05) is 0 Å². The second-order valence-electron chi connectivity index (χ2n) is 14.3. The highest BCUT2D eigenvalue weighted by Crippen LogP contribution is 2.15. The van der Waals surface area contributed by atoms with Gasteiger partial charge in [0, 0.05) is 0 Å². The zero-order valence-electron chi connectivity index (χ0n) is 33.6. The van der Waals surface area contributed by atoms with Crippen LogP contribution in [0, 0.1) is 0 Å². The number of hydrogen-bond acceptors (Lipinski definition) is 3. The van der Waals surface area contributed by atoms with E-state index in [-0.39, 0.29) is 12.2 Å². The molecule has 0 aromatic rings. The van der Waals surface area contributed by atoms with Crippen molar-refractivity contribution in [2.75, 3.05) is 13.6 Å². The van der Waals surface area contributed by atoms with E-state index in [0.717, 1.165) is 51.4 Å². The van der Waals surface area contributed by atoms with E-state index in [0.29, 0.717) is 13.6 Å². The molecule has 0 saturated heterocycles. The Kier molecular flexibility index (Phi) is 42.0. The van der Waals surface area contributed by atoms with Gasteiger partial charge in [-0.25, -0.2) is 0 Å². The van der Waals surface area contributed by atoms with Gasteiger partial charge in [0.2, 0.25) is 0 Å². The van der Waals surface area contributed by atoms with Crippen LogP contribution >= 0.6 is 0 Å². The fourth-order valence-electron chi connectivity index (χ4n) is 6.20. The van der Waals surface area contributed by atoms with E-state index in [4.69, 9.17) is 14.2 Å². The van der Waals surface area contributed by atoms with Crippen LogP contribution in [-0.4, -0.2) is 25.8 Å². The van der Waals surface area contributed by atoms with Gasteiger partial charge in [-0.2, -0.15) is 0 Å². The van der Waals surface area contributed by atoms with Gasteiger partial charge in [-0.3, -0.25) is 0 Å². The van der Waals surface area contributed by atoms with E-state index < -0.39 is 0 Å². The van der Waals surface area contributed by atoms with E-state index in [1.54, 1.807) is 0 Å². The van der Waals surface area contributed by atoms with Crippen molar-refractivity contribution in [3.05, 3.63) is 48.6 Å². The second-order valence-corrected chi connectivity index (χ2v) is 14.3. The first-order valence-electron chi connectivity index (χ1n) is 21.7. The molecular weight excluding hydrogens is 601 g/mol. The summed E-state index contributed by atoms with van der Waals surface area (Å²) in [5, 5.41) is 0. The fraction of sp³-hybridized carbons (Fsp3) is 0.826. The lowest BCUT2D eigenvalue weighted by molar-refractivity contribution is -0.167. The Balaban J connectivity index is 3.78. The van der Waals surface area contributed by atoms with Crippen LogP contribution in [-0.2, 0) is 14.2 Å². The molecule has 49 heavy (non-hydrogen) atoms. The maximum Gasteiger partial charge on any atom is 0.149 e. The summed E-state index contributed by atoms with van der Waals surface area (Å²) >= 11 is 0. The highest BCUT2D eigenvalue weighted by Gasteiger charge is 2.09. The minimum atomic E-state index is 0.273. The Morgan fingerprint density at radius 1 is 0.306 bits per heavy atom. The summed E-state index contributed by atoms with van der Waals surface area (Å²) < 4.78 is 17.9. The number of hydrogen-bond donors (Lipinski definition) is 0. The maximum absolute atomic E-state index is 6.09. The lowest BCUT2D eigenvalue weighted by Gasteiger charge is -2.19. The molecule has 0 N–H and O–H groups in total. The van der Waals surface area contributed by atoms with Crippen molar-refractivity contribution in [2.45, 2.75) is 233 Å². The molecular formula is C46H86O3. The summed E-state index contributed by atoms with van der Waals surface area (Å²) in [5.41, 5.74) is 0. The summed E-state index contributed by atoms with van der Waals surface area (Å²) in [5.74, 6) is 0. The normalized spacial score (nSPS) is 13.6. The van der Waals surface area contributed by atoms with Crippen molar-refractivity contribution < 1.29 is 14.2 Å². The van der Waals surface area contributed by atoms with Gasteiger partial charge in [0.1, 0.15) is 13.6 Å². The number of unbranched alkanes of at least 4 members (excludes halogenated alkanes) is 18. The van der Waals surface area contributed by atoms with Crippen LogP contribution < -0.4 is 0 Å². The first kappa shape index (κ1) is 47.8. The standard InChI is InChI=1S/C46H86O3/c1-5-9-11-13-15-17-19-21-23-25-27-29-31-33-35-37-41-45(39-7-3)48-43-47-44-49-46(40-8-4)42-38-36-34-32-30-28-26-24-22-20-18-16-14-12-10-6-2/h13-16,33-36,45-46H,5-12,17-32,37-44H2,1-4H3. The van der Waals surface area contributed by atoms with Gasteiger partial charge in [0.05, 0.1) is 12.2 Å². The van der Waals surface area contributed by atoms with Gasteiger partial charge in [0.25, 0.3) is 0 Å². The van der Waals surface area contributed by atoms with Crippen molar-refractivity contribution in [3.8, 4) is 0 Å². The molecule has 0 bridgehead atoms. The molecule has 0 fully saturated rings. The number of allylic oxidation sites excluding steroid dienone is 8. The van der Waals surface area contributed by atoms with Gasteiger partial charge in [0.15, 0.2) is 0 Å².